The van der Waals surface area contributed by atoms with Crippen LogP contribution in [0.25, 0.3) is 0 Å². The summed E-state index contributed by atoms with van der Waals surface area (Å²) in [4.78, 5) is 22.3. The fourth-order valence-electron chi connectivity index (χ4n) is 2.78. The fourth-order valence-corrected chi connectivity index (χ4v) is 2.78. The van der Waals surface area contributed by atoms with Crippen LogP contribution in [0.4, 0.5) is 0 Å². The van der Waals surface area contributed by atoms with E-state index in [1.54, 1.807) is 0 Å². The zero-order valence-electron chi connectivity index (χ0n) is 13.4. The topological polar surface area (TPSA) is 35.5 Å². The maximum Gasteiger partial charge on any atom is 0.339 e. The first-order chi connectivity index (χ1) is 11.7. The molecule has 0 atom stereocenters. The van der Waals surface area contributed by atoms with E-state index in [4.69, 9.17) is 9.78 Å². The van der Waals surface area contributed by atoms with Gasteiger partial charge in [0.1, 0.15) is 0 Å². The van der Waals surface area contributed by atoms with Gasteiger partial charge >= 0.3 is 5.97 Å². The number of carbonyl (C=O) groups excluding carboxylic acids is 1. The Hall–Kier alpha value is -2.91. The minimum atomic E-state index is -1.03. The molecule has 0 heterocycles. The molecule has 3 heteroatoms. The standard InChI is InChI=1S/C21H18O3/c1-17(22)23-24-21(18-11-5-2-6-12-18,19-13-7-3-8-14-19)20-15-9-4-10-16-20/h2-16H,1H3. The van der Waals surface area contributed by atoms with Crippen molar-refractivity contribution in [2.45, 2.75) is 12.5 Å². The van der Waals surface area contributed by atoms with Crippen LogP contribution in [0.2, 0.25) is 0 Å². The smallest absolute Gasteiger partial charge is 0.297 e. The Morgan fingerprint density at radius 2 is 1.00 bits per heavy atom. The second-order valence-corrected chi connectivity index (χ2v) is 5.44. The second-order valence-electron chi connectivity index (χ2n) is 5.44. The average molecular weight is 318 g/mol. The van der Waals surface area contributed by atoms with Gasteiger partial charge in [-0.25, -0.2) is 4.79 Å². The van der Waals surface area contributed by atoms with Gasteiger partial charge in [-0.1, -0.05) is 91.0 Å². The largest absolute Gasteiger partial charge is 0.339 e. The van der Waals surface area contributed by atoms with Crippen molar-refractivity contribution in [3.63, 3.8) is 0 Å². The van der Waals surface area contributed by atoms with Crippen LogP contribution in [0, 0.1) is 0 Å². The Morgan fingerprint density at radius 1 is 0.667 bits per heavy atom. The van der Waals surface area contributed by atoms with Gasteiger partial charge in [0.15, 0.2) is 5.60 Å². The van der Waals surface area contributed by atoms with Crippen molar-refractivity contribution in [3.05, 3.63) is 108 Å². The van der Waals surface area contributed by atoms with Crippen molar-refractivity contribution < 1.29 is 14.6 Å². The molecule has 0 spiro atoms. The quantitative estimate of drug-likeness (QED) is 0.395. The predicted octanol–water partition coefficient (Wildman–Crippen LogP) is 4.47. The van der Waals surface area contributed by atoms with Crippen molar-refractivity contribution in [3.8, 4) is 0 Å². The molecule has 0 aliphatic rings. The van der Waals surface area contributed by atoms with Gasteiger partial charge in [0, 0.05) is 6.92 Å². The molecule has 0 radical (unpaired) electrons. The van der Waals surface area contributed by atoms with Crippen LogP contribution >= 0.6 is 0 Å². The summed E-state index contributed by atoms with van der Waals surface area (Å²) in [5, 5.41) is 0. The zero-order chi connectivity index (χ0) is 16.8. The molecule has 0 saturated heterocycles. The lowest BCUT2D eigenvalue weighted by molar-refractivity contribution is -0.315. The number of hydrogen-bond donors (Lipinski definition) is 0. The molecule has 0 fully saturated rings. The molecule has 0 amide bonds. The Labute approximate surface area is 141 Å². The van der Waals surface area contributed by atoms with Crippen LogP contribution < -0.4 is 0 Å². The normalized spacial score (nSPS) is 11.0. The van der Waals surface area contributed by atoms with E-state index in [1.807, 2.05) is 91.0 Å². The molecule has 3 aromatic rings. The lowest BCUT2D eigenvalue weighted by Gasteiger charge is -2.33. The molecule has 0 N–H and O–H groups in total. The third-order valence-corrected chi connectivity index (χ3v) is 3.82. The van der Waals surface area contributed by atoms with Crippen molar-refractivity contribution in [2.75, 3.05) is 0 Å². The van der Waals surface area contributed by atoms with Crippen LogP contribution in [0.15, 0.2) is 91.0 Å². The van der Waals surface area contributed by atoms with E-state index in [-0.39, 0.29) is 0 Å². The third kappa shape index (κ3) is 3.07. The monoisotopic (exact) mass is 318 g/mol. The van der Waals surface area contributed by atoms with Crippen LogP contribution in [0.3, 0.4) is 0 Å². The van der Waals surface area contributed by atoms with E-state index in [9.17, 15) is 4.79 Å². The highest BCUT2D eigenvalue weighted by molar-refractivity contribution is 5.65. The third-order valence-electron chi connectivity index (χ3n) is 3.82. The van der Waals surface area contributed by atoms with Gasteiger partial charge in [-0.05, 0) is 16.7 Å². The summed E-state index contributed by atoms with van der Waals surface area (Å²) in [6.07, 6.45) is 0. The molecule has 24 heavy (non-hydrogen) atoms. The van der Waals surface area contributed by atoms with Gasteiger partial charge < -0.3 is 0 Å². The molecule has 3 aromatic carbocycles. The first-order valence-corrected chi connectivity index (χ1v) is 7.76. The van der Waals surface area contributed by atoms with E-state index in [0.29, 0.717) is 0 Å². The lowest BCUT2D eigenvalue weighted by Crippen LogP contribution is -2.33. The van der Waals surface area contributed by atoms with Gasteiger partial charge in [0.25, 0.3) is 0 Å². The van der Waals surface area contributed by atoms with Crippen LogP contribution in [0.5, 0.6) is 0 Å². The van der Waals surface area contributed by atoms with Crippen LogP contribution in [-0.2, 0) is 20.2 Å². The minimum absolute atomic E-state index is 0.498. The number of rotatable bonds is 5. The first kappa shape index (κ1) is 16.0. The molecule has 0 bridgehead atoms. The predicted molar refractivity (Wildman–Crippen MR) is 92.1 cm³/mol. The van der Waals surface area contributed by atoms with Crippen molar-refractivity contribution in [2.24, 2.45) is 0 Å². The Morgan fingerprint density at radius 3 is 1.29 bits per heavy atom. The summed E-state index contributed by atoms with van der Waals surface area (Å²) in [5.41, 5.74) is 1.60. The Balaban J connectivity index is 2.26. The highest BCUT2D eigenvalue weighted by Gasteiger charge is 2.40. The average Bonchev–Trinajstić information content (AvgIpc) is 2.65. The maximum absolute atomic E-state index is 11.4. The van der Waals surface area contributed by atoms with Gasteiger partial charge in [0.05, 0.1) is 0 Å². The lowest BCUT2D eigenvalue weighted by atomic mass is 9.80. The van der Waals surface area contributed by atoms with Gasteiger partial charge in [-0.2, -0.15) is 4.89 Å². The van der Waals surface area contributed by atoms with E-state index in [0.717, 1.165) is 16.7 Å². The molecule has 0 unspecified atom stereocenters. The number of hydrogen-bond acceptors (Lipinski definition) is 3. The molecule has 3 rings (SSSR count). The summed E-state index contributed by atoms with van der Waals surface area (Å²) in [7, 11) is 0. The summed E-state index contributed by atoms with van der Waals surface area (Å²) in [6.45, 7) is 1.33. The molecule has 0 aliphatic heterocycles. The highest BCUT2D eigenvalue weighted by atomic mass is 17.2. The summed E-state index contributed by atoms with van der Waals surface area (Å²) >= 11 is 0. The fraction of sp³-hybridized carbons (Fsp3) is 0.0952. The summed E-state index contributed by atoms with van der Waals surface area (Å²) in [5.74, 6) is -0.498. The van der Waals surface area contributed by atoms with Gasteiger partial charge in [0.2, 0.25) is 0 Å². The Bertz CT molecular complexity index is 686. The molecular formula is C21H18O3. The van der Waals surface area contributed by atoms with Gasteiger partial charge in [-0.3, -0.25) is 4.89 Å². The SMILES string of the molecule is CC(=O)OOC(c1ccccc1)(c1ccccc1)c1ccccc1. The van der Waals surface area contributed by atoms with Crippen LogP contribution in [-0.4, -0.2) is 5.97 Å². The molecular weight excluding hydrogens is 300 g/mol. The molecule has 0 saturated carbocycles. The number of benzene rings is 3. The second kappa shape index (κ2) is 7.11. The van der Waals surface area contributed by atoms with Crippen molar-refractivity contribution >= 4 is 5.97 Å². The zero-order valence-corrected chi connectivity index (χ0v) is 13.4. The first-order valence-electron chi connectivity index (χ1n) is 7.76. The number of carbonyl (C=O) groups is 1. The minimum Gasteiger partial charge on any atom is -0.297 e. The van der Waals surface area contributed by atoms with E-state index < -0.39 is 11.6 Å². The van der Waals surface area contributed by atoms with E-state index in [2.05, 4.69) is 0 Å². The van der Waals surface area contributed by atoms with Crippen molar-refractivity contribution in [1.29, 1.82) is 0 Å². The van der Waals surface area contributed by atoms with E-state index >= 15 is 0 Å². The summed E-state index contributed by atoms with van der Waals surface area (Å²) in [6, 6.07) is 29.2. The highest BCUT2D eigenvalue weighted by Crippen LogP contribution is 2.40. The Kier molecular flexibility index (Phi) is 4.73. The molecule has 0 aromatic heterocycles. The van der Waals surface area contributed by atoms with Gasteiger partial charge in [-0.15, -0.1) is 0 Å². The molecule has 120 valence electrons. The summed E-state index contributed by atoms with van der Waals surface area (Å²) < 4.78 is 0. The molecule has 0 aliphatic carbocycles. The van der Waals surface area contributed by atoms with E-state index in [1.165, 1.54) is 6.92 Å². The maximum atomic E-state index is 11.4. The van der Waals surface area contributed by atoms with Crippen molar-refractivity contribution in [1.82, 2.24) is 0 Å². The van der Waals surface area contributed by atoms with Crippen LogP contribution in [0.1, 0.15) is 23.6 Å². The molecule has 3 nitrogen and oxygen atoms in total.